The van der Waals surface area contributed by atoms with Gasteiger partial charge >= 0.3 is 5.97 Å². The maximum absolute atomic E-state index is 10.9. The van der Waals surface area contributed by atoms with Gasteiger partial charge in [-0.25, -0.2) is 9.78 Å². The predicted octanol–water partition coefficient (Wildman–Crippen LogP) is 3.93. The highest BCUT2D eigenvalue weighted by molar-refractivity contribution is 7.99. The van der Waals surface area contributed by atoms with Crippen LogP contribution >= 0.6 is 23.1 Å². The normalized spacial score (nSPS) is 10.6. The lowest BCUT2D eigenvalue weighted by Gasteiger charge is -1.99. The molecule has 0 amide bonds. The standard InChI is InChI=1S/C13H13NO2S2/c1-3-17-10-6-4-9(5-7-10)12-14-11(13(15)16)8(2)18-12/h4-7H,3H2,1-2H3,(H,15,16). The number of aryl methyl sites for hydroxylation is 1. The van der Waals surface area contributed by atoms with Crippen LogP contribution in [0.3, 0.4) is 0 Å². The molecule has 0 fully saturated rings. The molecule has 2 aromatic rings. The summed E-state index contributed by atoms with van der Waals surface area (Å²) in [5.41, 5.74) is 1.12. The van der Waals surface area contributed by atoms with Crippen molar-refractivity contribution in [1.29, 1.82) is 0 Å². The fourth-order valence-electron chi connectivity index (χ4n) is 1.58. The van der Waals surface area contributed by atoms with Crippen LogP contribution in [0.25, 0.3) is 10.6 Å². The first-order valence-corrected chi connectivity index (χ1v) is 7.36. The third-order valence-electron chi connectivity index (χ3n) is 2.41. The third kappa shape index (κ3) is 2.73. The fraction of sp³-hybridized carbons (Fsp3) is 0.231. The van der Waals surface area contributed by atoms with E-state index in [-0.39, 0.29) is 5.69 Å². The molecule has 18 heavy (non-hydrogen) atoms. The number of aromatic nitrogens is 1. The van der Waals surface area contributed by atoms with E-state index in [4.69, 9.17) is 5.11 Å². The molecule has 3 nitrogen and oxygen atoms in total. The largest absolute Gasteiger partial charge is 0.476 e. The number of rotatable bonds is 4. The van der Waals surface area contributed by atoms with Crippen molar-refractivity contribution in [1.82, 2.24) is 4.98 Å². The second-order valence-electron chi connectivity index (χ2n) is 3.69. The van der Waals surface area contributed by atoms with E-state index in [1.165, 1.54) is 16.2 Å². The number of thioether (sulfide) groups is 1. The lowest BCUT2D eigenvalue weighted by atomic mass is 10.2. The number of hydrogen-bond acceptors (Lipinski definition) is 4. The van der Waals surface area contributed by atoms with Gasteiger partial charge < -0.3 is 5.11 Å². The molecule has 0 aliphatic rings. The number of carboxylic acid groups (broad SMARTS) is 1. The third-order valence-corrected chi connectivity index (χ3v) is 4.33. The van der Waals surface area contributed by atoms with Gasteiger partial charge in [0, 0.05) is 15.3 Å². The van der Waals surface area contributed by atoms with Gasteiger partial charge in [0.05, 0.1) is 0 Å². The van der Waals surface area contributed by atoms with Crippen molar-refractivity contribution < 1.29 is 9.90 Å². The summed E-state index contributed by atoms with van der Waals surface area (Å²) in [7, 11) is 0. The zero-order valence-corrected chi connectivity index (χ0v) is 11.8. The molecule has 0 radical (unpaired) electrons. The summed E-state index contributed by atoms with van der Waals surface area (Å²) in [4.78, 5) is 17.1. The first kappa shape index (κ1) is 13.1. The van der Waals surface area contributed by atoms with Crippen LogP contribution in [-0.2, 0) is 0 Å². The molecule has 0 aliphatic heterocycles. The molecule has 1 aromatic heterocycles. The number of nitrogens with zero attached hydrogens (tertiary/aromatic N) is 1. The van der Waals surface area contributed by atoms with Gasteiger partial charge in [-0.15, -0.1) is 23.1 Å². The number of hydrogen-bond donors (Lipinski definition) is 1. The first-order chi connectivity index (χ1) is 8.61. The second kappa shape index (κ2) is 5.54. The average molecular weight is 279 g/mol. The quantitative estimate of drug-likeness (QED) is 0.862. The van der Waals surface area contributed by atoms with Gasteiger partial charge in [0.25, 0.3) is 0 Å². The van der Waals surface area contributed by atoms with E-state index in [0.29, 0.717) is 0 Å². The Bertz CT molecular complexity index is 561. The maximum Gasteiger partial charge on any atom is 0.355 e. The Labute approximate surface area is 114 Å². The lowest BCUT2D eigenvalue weighted by molar-refractivity contribution is 0.0690. The summed E-state index contributed by atoms with van der Waals surface area (Å²) in [5, 5.41) is 9.74. The van der Waals surface area contributed by atoms with Crippen LogP contribution in [0.5, 0.6) is 0 Å². The van der Waals surface area contributed by atoms with Gasteiger partial charge in [-0.1, -0.05) is 19.1 Å². The molecule has 0 bridgehead atoms. The van der Waals surface area contributed by atoms with Crippen LogP contribution in [0.1, 0.15) is 22.3 Å². The Morgan fingerprint density at radius 3 is 2.56 bits per heavy atom. The van der Waals surface area contributed by atoms with Crippen molar-refractivity contribution in [3.63, 3.8) is 0 Å². The van der Waals surface area contributed by atoms with Gasteiger partial charge in [-0.2, -0.15) is 0 Å². The smallest absolute Gasteiger partial charge is 0.355 e. The molecule has 2 rings (SSSR count). The van der Waals surface area contributed by atoms with Crippen molar-refractivity contribution in [3.8, 4) is 10.6 Å². The van der Waals surface area contributed by atoms with E-state index in [1.807, 2.05) is 24.3 Å². The van der Waals surface area contributed by atoms with Gasteiger partial charge in [0.15, 0.2) is 5.69 Å². The Hall–Kier alpha value is -1.33. The molecule has 0 saturated carbocycles. The lowest BCUT2D eigenvalue weighted by Crippen LogP contribution is -1.98. The monoisotopic (exact) mass is 279 g/mol. The highest BCUT2D eigenvalue weighted by atomic mass is 32.2. The number of thiazole rings is 1. The zero-order valence-electron chi connectivity index (χ0n) is 10.1. The minimum Gasteiger partial charge on any atom is -0.476 e. The fourth-order valence-corrected chi connectivity index (χ4v) is 3.15. The molecule has 1 aromatic carbocycles. The summed E-state index contributed by atoms with van der Waals surface area (Å²) < 4.78 is 0. The van der Waals surface area contributed by atoms with E-state index < -0.39 is 5.97 Å². The molecule has 1 N–H and O–H groups in total. The Morgan fingerprint density at radius 2 is 2.06 bits per heavy atom. The van der Waals surface area contributed by atoms with Crippen molar-refractivity contribution >= 4 is 29.1 Å². The molecule has 0 saturated heterocycles. The second-order valence-corrected chi connectivity index (χ2v) is 6.23. The molecule has 5 heteroatoms. The van der Waals surface area contributed by atoms with Crippen LogP contribution in [0.4, 0.5) is 0 Å². The summed E-state index contributed by atoms with van der Waals surface area (Å²) in [6.07, 6.45) is 0. The van der Waals surface area contributed by atoms with E-state index in [2.05, 4.69) is 11.9 Å². The van der Waals surface area contributed by atoms with Crippen molar-refractivity contribution in [2.75, 3.05) is 5.75 Å². The Balaban J connectivity index is 2.31. The molecule has 94 valence electrons. The van der Waals surface area contributed by atoms with Gasteiger partial charge in [0.1, 0.15) is 5.01 Å². The minimum atomic E-state index is -0.965. The first-order valence-electron chi connectivity index (χ1n) is 5.55. The average Bonchev–Trinajstić information content (AvgIpc) is 2.73. The molecule has 0 aliphatic carbocycles. The molecule has 0 atom stereocenters. The Kier molecular flexibility index (Phi) is 4.04. The van der Waals surface area contributed by atoms with Crippen molar-refractivity contribution in [2.24, 2.45) is 0 Å². The highest BCUT2D eigenvalue weighted by Gasteiger charge is 2.14. The van der Waals surface area contributed by atoms with Crippen LogP contribution in [0, 0.1) is 6.92 Å². The van der Waals surface area contributed by atoms with Crippen LogP contribution in [0.15, 0.2) is 29.2 Å². The topological polar surface area (TPSA) is 50.2 Å². The van der Waals surface area contributed by atoms with Crippen LogP contribution in [0.2, 0.25) is 0 Å². The summed E-state index contributed by atoms with van der Waals surface area (Å²) >= 11 is 3.20. The Morgan fingerprint density at radius 1 is 1.39 bits per heavy atom. The number of carbonyl (C=O) groups is 1. The van der Waals surface area contributed by atoms with Crippen LogP contribution in [-0.4, -0.2) is 21.8 Å². The summed E-state index contributed by atoms with van der Waals surface area (Å²) in [5.74, 6) is 0.0759. The van der Waals surface area contributed by atoms with Crippen molar-refractivity contribution in [3.05, 3.63) is 34.8 Å². The summed E-state index contributed by atoms with van der Waals surface area (Å²) in [6, 6.07) is 8.06. The van der Waals surface area contributed by atoms with E-state index in [1.54, 1.807) is 18.7 Å². The molecule has 0 unspecified atom stereocenters. The van der Waals surface area contributed by atoms with E-state index in [0.717, 1.165) is 21.2 Å². The van der Waals surface area contributed by atoms with Gasteiger partial charge in [-0.05, 0) is 24.8 Å². The predicted molar refractivity (Wildman–Crippen MR) is 75.6 cm³/mol. The molecular formula is C13H13NO2S2. The van der Waals surface area contributed by atoms with E-state index in [9.17, 15) is 4.79 Å². The molecule has 1 heterocycles. The zero-order chi connectivity index (χ0) is 13.1. The molecular weight excluding hydrogens is 266 g/mol. The number of benzene rings is 1. The maximum atomic E-state index is 10.9. The number of aromatic carboxylic acids is 1. The number of carboxylic acids is 1. The summed E-state index contributed by atoms with van der Waals surface area (Å²) in [6.45, 7) is 3.90. The molecule has 0 spiro atoms. The SMILES string of the molecule is CCSc1ccc(-c2nc(C(=O)O)c(C)s2)cc1. The highest BCUT2D eigenvalue weighted by Crippen LogP contribution is 2.29. The van der Waals surface area contributed by atoms with Crippen molar-refractivity contribution in [2.45, 2.75) is 18.7 Å². The van der Waals surface area contributed by atoms with Gasteiger partial charge in [0.2, 0.25) is 0 Å². The van der Waals surface area contributed by atoms with Crippen LogP contribution < -0.4 is 0 Å². The minimum absolute atomic E-state index is 0.155. The van der Waals surface area contributed by atoms with E-state index >= 15 is 0 Å². The van der Waals surface area contributed by atoms with Gasteiger partial charge in [-0.3, -0.25) is 0 Å².